The van der Waals surface area contributed by atoms with Crippen LogP contribution in [0.5, 0.6) is 0 Å². The molecule has 7 heteroatoms. The molecule has 1 aliphatic carbocycles. The van der Waals surface area contributed by atoms with Gasteiger partial charge in [-0.1, -0.05) is 38.8 Å². The van der Waals surface area contributed by atoms with Crippen molar-refractivity contribution in [2.45, 2.75) is 64.6 Å². The number of nitrogens with zero attached hydrogens (tertiary/aromatic N) is 3. The monoisotopic (exact) mass is 383 g/mol. The van der Waals surface area contributed by atoms with E-state index in [1.165, 1.54) is 0 Å². The summed E-state index contributed by atoms with van der Waals surface area (Å²) in [5.74, 6) is 0.891. The second-order valence-electron chi connectivity index (χ2n) is 8.33. The maximum absolute atomic E-state index is 13.0. The highest BCUT2D eigenvalue weighted by molar-refractivity contribution is 5.96. The molecule has 3 amide bonds. The summed E-state index contributed by atoms with van der Waals surface area (Å²) < 4.78 is 2.06. The molecule has 2 aromatic rings. The summed E-state index contributed by atoms with van der Waals surface area (Å²) in [6, 6.07) is 7.37. The Labute approximate surface area is 165 Å². The number of aromatic nitrogens is 2. The van der Waals surface area contributed by atoms with Crippen LogP contribution in [0.3, 0.4) is 0 Å². The summed E-state index contributed by atoms with van der Waals surface area (Å²) >= 11 is 0. The second kappa shape index (κ2) is 7.81. The van der Waals surface area contributed by atoms with Gasteiger partial charge in [0.2, 0.25) is 11.9 Å². The second-order valence-corrected chi connectivity index (χ2v) is 8.33. The predicted octanol–water partition coefficient (Wildman–Crippen LogP) is 3.04. The van der Waals surface area contributed by atoms with E-state index in [1.807, 2.05) is 24.3 Å². The average molecular weight is 383 g/mol. The van der Waals surface area contributed by atoms with Crippen molar-refractivity contribution in [1.29, 1.82) is 0 Å². The highest BCUT2D eigenvalue weighted by Crippen LogP contribution is 2.27. The van der Waals surface area contributed by atoms with Crippen LogP contribution in [0.2, 0.25) is 0 Å². The molecule has 2 heterocycles. The zero-order chi connectivity index (χ0) is 19.7. The first-order valence-electron chi connectivity index (χ1n) is 10.4. The van der Waals surface area contributed by atoms with Crippen molar-refractivity contribution in [3.63, 3.8) is 0 Å². The number of benzene rings is 1. The van der Waals surface area contributed by atoms with Gasteiger partial charge in [0.1, 0.15) is 6.04 Å². The molecule has 0 spiro atoms. The molecule has 2 N–H and O–H groups in total. The predicted molar refractivity (Wildman–Crippen MR) is 109 cm³/mol. The van der Waals surface area contributed by atoms with Crippen molar-refractivity contribution in [1.82, 2.24) is 20.2 Å². The fourth-order valence-corrected chi connectivity index (χ4v) is 4.28. The number of urea groups is 1. The van der Waals surface area contributed by atoms with Gasteiger partial charge in [0.15, 0.2) is 0 Å². The summed E-state index contributed by atoms with van der Waals surface area (Å²) in [6.07, 6.45) is 5.01. The fourth-order valence-electron chi connectivity index (χ4n) is 4.28. The van der Waals surface area contributed by atoms with Gasteiger partial charge in [-0.3, -0.25) is 9.69 Å². The van der Waals surface area contributed by atoms with E-state index in [9.17, 15) is 9.59 Å². The van der Waals surface area contributed by atoms with Crippen molar-refractivity contribution < 1.29 is 9.59 Å². The molecule has 28 heavy (non-hydrogen) atoms. The SMILES string of the molecule is CC(C)CC(NC(=O)N1CCn2c1nc1ccccc12)C(=O)NC1CCCC1. The lowest BCUT2D eigenvalue weighted by molar-refractivity contribution is -0.124. The molecule has 7 nitrogen and oxygen atoms in total. The molecule has 1 atom stereocenters. The first-order chi connectivity index (χ1) is 13.5. The normalized spacial score (nSPS) is 17.9. The molecule has 1 fully saturated rings. The number of hydrogen-bond donors (Lipinski definition) is 2. The minimum atomic E-state index is -0.522. The van der Waals surface area contributed by atoms with Crippen molar-refractivity contribution in [3.8, 4) is 0 Å². The summed E-state index contributed by atoms with van der Waals surface area (Å²) in [6.45, 7) is 5.42. The zero-order valence-electron chi connectivity index (χ0n) is 16.6. The van der Waals surface area contributed by atoms with Gasteiger partial charge in [-0.15, -0.1) is 0 Å². The molecule has 1 aromatic heterocycles. The van der Waals surface area contributed by atoms with Crippen LogP contribution in [0.1, 0.15) is 46.0 Å². The Morgan fingerprint density at radius 2 is 1.93 bits per heavy atom. The molecule has 4 rings (SSSR count). The number of carbonyl (C=O) groups excluding carboxylic acids is 2. The van der Waals surface area contributed by atoms with Gasteiger partial charge in [0.25, 0.3) is 0 Å². The third-order valence-corrected chi connectivity index (χ3v) is 5.69. The van der Waals surface area contributed by atoms with E-state index in [0.717, 1.165) is 36.7 Å². The lowest BCUT2D eigenvalue weighted by Gasteiger charge is -2.24. The first kappa shape index (κ1) is 18.8. The smallest absolute Gasteiger partial charge is 0.324 e. The molecular formula is C21H29N5O2. The van der Waals surface area contributed by atoms with Crippen molar-refractivity contribution in [2.24, 2.45) is 5.92 Å². The minimum absolute atomic E-state index is 0.0679. The maximum Gasteiger partial charge on any atom is 0.324 e. The molecule has 1 aromatic carbocycles. The van der Waals surface area contributed by atoms with Gasteiger partial charge in [-0.2, -0.15) is 0 Å². The number of imidazole rings is 1. The number of para-hydroxylation sites is 2. The Morgan fingerprint density at radius 1 is 1.18 bits per heavy atom. The van der Waals surface area contributed by atoms with Crippen LogP contribution < -0.4 is 15.5 Å². The lowest BCUT2D eigenvalue weighted by atomic mass is 10.0. The van der Waals surface area contributed by atoms with Crippen molar-refractivity contribution in [3.05, 3.63) is 24.3 Å². The maximum atomic E-state index is 13.0. The number of nitrogens with one attached hydrogen (secondary N) is 2. The molecular weight excluding hydrogens is 354 g/mol. The third-order valence-electron chi connectivity index (χ3n) is 5.69. The van der Waals surface area contributed by atoms with E-state index in [4.69, 9.17) is 0 Å². The van der Waals surface area contributed by atoms with Gasteiger partial charge >= 0.3 is 6.03 Å². The van der Waals surface area contributed by atoms with Crippen LogP contribution in [0, 0.1) is 5.92 Å². The lowest BCUT2D eigenvalue weighted by Crippen LogP contribution is -2.53. The molecule has 1 saturated carbocycles. The van der Waals surface area contributed by atoms with Crippen LogP contribution in [0.15, 0.2) is 24.3 Å². The first-order valence-corrected chi connectivity index (χ1v) is 10.4. The van der Waals surface area contributed by atoms with Gasteiger partial charge in [-0.25, -0.2) is 9.78 Å². The van der Waals surface area contributed by atoms with Crippen molar-refractivity contribution >= 4 is 28.9 Å². The standard InChI is InChI=1S/C21H29N5O2/c1-14(2)13-17(19(27)22-15-7-3-4-8-15)24-21(28)26-12-11-25-18-10-6-5-9-16(18)23-20(25)26/h5-6,9-10,14-15,17H,3-4,7-8,11-13H2,1-2H3,(H,22,27)(H,24,28). The van der Waals surface area contributed by atoms with Gasteiger partial charge in [0.05, 0.1) is 11.0 Å². The van der Waals surface area contributed by atoms with E-state index < -0.39 is 6.04 Å². The number of fused-ring (bicyclic) bond motifs is 3. The number of anilines is 1. The van der Waals surface area contributed by atoms with Crippen LogP contribution >= 0.6 is 0 Å². The Morgan fingerprint density at radius 3 is 2.68 bits per heavy atom. The van der Waals surface area contributed by atoms with Crippen LogP contribution in [-0.4, -0.2) is 40.1 Å². The molecule has 0 saturated heterocycles. The third kappa shape index (κ3) is 3.70. The number of carbonyl (C=O) groups is 2. The fraction of sp³-hybridized carbons (Fsp3) is 0.571. The zero-order valence-corrected chi connectivity index (χ0v) is 16.6. The highest BCUT2D eigenvalue weighted by atomic mass is 16.2. The number of rotatable bonds is 5. The summed E-state index contributed by atoms with van der Waals surface area (Å²) in [5.41, 5.74) is 1.92. The van der Waals surface area contributed by atoms with Gasteiger partial charge in [-0.05, 0) is 37.3 Å². The van der Waals surface area contributed by atoms with E-state index in [-0.39, 0.29) is 18.0 Å². The average Bonchev–Trinajstić information content (AvgIpc) is 3.37. The molecule has 1 unspecified atom stereocenters. The van der Waals surface area contributed by atoms with Crippen LogP contribution in [0.25, 0.3) is 11.0 Å². The minimum Gasteiger partial charge on any atom is -0.352 e. The number of hydrogen-bond acceptors (Lipinski definition) is 3. The van der Waals surface area contributed by atoms with E-state index in [1.54, 1.807) is 4.90 Å². The Hall–Kier alpha value is -2.57. The van der Waals surface area contributed by atoms with E-state index >= 15 is 0 Å². The Kier molecular flexibility index (Phi) is 5.24. The van der Waals surface area contributed by atoms with Gasteiger partial charge in [0, 0.05) is 19.1 Å². The van der Waals surface area contributed by atoms with Crippen LogP contribution in [-0.2, 0) is 11.3 Å². The summed E-state index contributed by atoms with van der Waals surface area (Å²) in [4.78, 5) is 32.1. The van der Waals surface area contributed by atoms with E-state index in [0.29, 0.717) is 31.4 Å². The van der Waals surface area contributed by atoms with Crippen LogP contribution in [0.4, 0.5) is 10.7 Å². The molecule has 0 radical (unpaired) electrons. The van der Waals surface area contributed by atoms with Gasteiger partial charge < -0.3 is 15.2 Å². The quantitative estimate of drug-likeness (QED) is 0.833. The van der Waals surface area contributed by atoms with Crippen molar-refractivity contribution in [2.75, 3.05) is 11.4 Å². The number of amides is 3. The molecule has 1 aliphatic heterocycles. The summed E-state index contributed by atoms with van der Waals surface area (Å²) in [5, 5.41) is 6.10. The molecule has 2 aliphatic rings. The molecule has 0 bridgehead atoms. The Balaban J connectivity index is 1.48. The Bertz CT molecular complexity index is 869. The largest absolute Gasteiger partial charge is 0.352 e. The summed E-state index contributed by atoms with van der Waals surface area (Å²) in [7, 11) is 0. The topological polar surface area (TPSA) is 79.3 Å². The van der Waals surface area contributed by atoms with E-state index in [2.05, 4.69) is 34.0 Å². The molecule has 150 valence electrons. The highest BCUT2D eigenvalue weighted by Gasteiger charge is 2.32.